The van der Waals surface area contributed by atoms with Gasteiger partial charge in [-0.15, -0.1) is 0 Å². The summed E-state index contributed by atoms with van der Waals surface area (Å²) in [5.41, 5.74) is 4.90. The summed E-state index contributed by atoms with van der Waals surface area (Å²) >= 11 is 6.18. The molecule has 1 aliphatic rings. The van der Waals surface area contributed by atoms with Gasteiger partial charge in [0.25, 0.3) is 15.9 Å². The molecule has 0 spiro atoms. The van der Waals surface area contributed by atoms with Crippen molar-refractivity contribution in [3.63, 3.8) is 0 Å². The van der Waals surface area contributed by atoms with Gasteiger partial charge in [0.15, 0.2) is 0 Å². The van der Waals surface area contributed by atoms with E-state index < -0.39 is 15.9 Å². The minimum absolute atomic E-state index is 0.0144. The van der Waals surface area contributed by atoms with Crippen molar-refractivity contribution < 1.29 is 13.2 Å². The zero-order valence-electron chi connectivity index (χ0n) is 20.4. The van der Waals surface area contributed by atoms with E-state index in [-0.39, 0.29) is 10.6 Å². The summed E-state index contributed by atoms with van der Waals surface area (Å²) in [5.74, 6) is -0.544. The Hall–Kier alpha value is -2.88. The number of aryl methyl sites for hydroxylation is 3. The number of amides is 1. The second-order valence-electron chi connectivity index (χ2n) is 8.73. The highest BCUT2D eigenvalue weighted by Gasteiger charge is 2.35. The van der Waals surface area contributed by atoms with Gasteiger partial charge in [0.05, 0.1) is 5.56 Å². The summed E-state index contributed by atoms with van der Waals surface area (Å²) in [4.78, 5) is 15.3. The molecule has 2 aromatic carbocycles. The van der Waals surface area contributed by atoms with Gasteiger partial charge in [-0.3, -0.25) is 9.48 Å². The van der Waals surface area contributed by atoms with Crippen molar-refractivity contribution >= 4 is 38.9 Å². The number of nitrogens with zero attached hydrogens (tertiary/aromatic N) is 4. The molecule has 8 nitrogen and oxygen atoms in total. The minimum atomic E-state index is -3.97. The number of benzene rings is 2. The van der Waals surface area contributed by atoms with Crippen molar-refractivity contribution in [2.75, 3.05) is 36.4 Å². The van der Waals surface area contributed by atoms with Gasteiger partial charge < -0.3 is 10.2 Å². The van der Waals surface area contributed by atoms with E-state index in [1.807, 2.05) is 19.9 Å². The Morgan fingerprint density at radius 3 is 2.43 bits per heavy atom. The molecule has 2 heterocycles. The average Bonchev–Trinajstić information content (AvgIpc) is 3.29. The fraction of sp³-hybridized carbons (Fsp3) is 0.360. The van der Waals surface area contributed by atoms with Gasteiger partial charge in [-0.25, -0.2) is 8.42 Å². The van der Waals surface area contributed by atoms with E-state index in [1.54, 1.807) is 18.2 Å². The van der Waals surface area contributed by atoms with Crippen LogP contribution in [0.5, 0.6) is 0 Å². The lowest BCUT2D eigenvalue weighted by molar-refractivity contribution is 0.102. The van der Waals surface area contributed by atoms with Crippen LogP contribution in [0.25, 0.3) is 0 Å². The molecular formula is C25H30ClN5O3S. The second-order valence-corrected chi connectivity index (χ2v) is 11.0. The molecule has 1 aromatic heterocycles. The normalized spacial score (nSPS) is 14.8. The fourth-order valence-electron chi connectivity index (χ4n) is 4.15. The topological polar surface area (TPSA) is 87.5 Å². The van der Waals surface area contributed by atoms with Gasteiger partial charge in [0.1, 0.15) is 0 Å². The van der Waals surface area contributed by atoms with Crippen LogP contribution in [-0.4, -0.2) is 54.6 Å². The fourth-order valence-corrected chi connectivity index (χ4v) is 5.85. The first-order chi connectivity index (χ1) is 16.6. The highest BCUT2D eigenvalue weighted by molar-refractivity contribution is 7.89. The van der Waals surface area contributed by atoms with Crippen LogP contribution < -0.4 is 10.2 Å². The van der Waals surface area contributed by atoms with E-state index >= 15 is 0 Å². The number of piperazine rings is 1. The van der Waals surface area contributed by atoms with E-state index in [9.17, 15) is 13.2 Å². The SMILES string of the molecule is CCn1cc(C(=O)Nc2ccc(C)c(Cl)c2)c(S(=O)(=O)N2CCN(c3cccc(C)c3C)CC2)n1. The van der Waals surface area contributed by atoms with Crippen LogP contribution in [0.1, 0.15) is 34.0 Å². The lowest BCUT2D eigenvalue weighted by Gasteiger charge is -2.36. The summed E-state index contributed by atoms with van der Waals surface area (Å²) in [6.07, 6.45) is 1.48. The van der Waals surface area contributed by atoms with Crippen molar-refractivity contribution in [1.82, 2.24) is 14.1 Å². The minimum Gasteiger partial charge on any atom is -0.369 e. The van der Waals surface area contributed by atoms with E-state index in [2.05, 4.69) is 41.3 Å². The molecule has 1 aliphatic heterocycles. The number of aromatic nitrogens is 2. The maximum Gasteiger partial charge on any atom is 0.263 e. The summed E-state index contributed by atoms with van der Waals surface area (Å²) < 4.78 is 30.1. The number of anilines is 2. The molecule has 1 N–H and O–H groups in total. The Kier molecular flexibility index (Phi) is 7.21. The predicted octanol–water partition coefficient (Wildman–Crippen LogP) is 4.24. The Labute approximate surface area is 211 Å². The molecule has 4 rings (SSSR count). The first-order valence-corrected chi connectivity index (χ1v) is 13.4. The molecule has 0 unspecified atom stereocenters. The maximum absolute atomic E-state index is 13.6. The van der Waals surface area contributed by atoms with Crippen LogP contribution in [0.4, 0.5) is 11.4 Å². The molecule has 0 saturated carbocycles. The van der Waals surface area contributed by atoms with Crippen LogP contribution in [0.2, 0.25) is 5.02 Å². The molecule has 3 aromatic rings. The molecule has 186 valence electrons. The van der Waals surface area contributed by atoms with Crippen molar-refractivity contribution in [3.05, 3.63) is 69.9 Å². The number of halogens is 1. The van der Waals surface area contributed by atoms with E-state index in [4.69, 9.17) is 11.6 Å². The standard InChI is InChI=1S/C25H30ClN5O3S/c1-5-30-16-21(24(32)27-20-10-9-18(3)22(26)15-20)25(28-30)35(33,34)31-13-11-29(12-14-31)23-8-6-7-17(2)19(23)4/h6-10,15-16H,5,11-14H2,1-4H3,(H,27,32). The van der Waals surface area contributed by atoms with Gasteiger partial charge in [-0.05, 0) is 62.6 Å². The average molecular weight is 516 g/mol. The molecule has 0 radical (unpaired) electrons. The smallest absolute Gasteiger partial charge is 0.263 e. The van der Waals surface area contributed by atoms with Gasteiger partial charge >= 0.3 is 0 Å². The van der Waals surface area contributed by atoms with Crippen molar-refractivity contribution in [1.29, 1.82) is 0 Å². The molecule has 10 heteroatoms. The number of sulfonamides is 1. The Balaban J connectivity index is 1.56. The van der Waals surface area contributed by atoms with Gasteiger partial charge in [0.2, 0.25) is 5.03 Å². The second kappa shape index (κ2) is 10.0. The van der Waals surface area contributed by atoms with E-state index in [0.29, 0.717) is 43.4 Å². The number of hydrogen-bond acceptors (Lipinski definition) is 5. The predicted molar refractivity (Wildman–Crippen MR) is 139 cm³/mol. The zero-order chi connectivity index (χ0) is 25.3. The molecular weight excluding hydrogens is 486 g/mol. The molecule has 1 fully saturated rings. The summed E-state index contributed by atoms with van der Waals surface area (Å²) in [6.45, 7) is 10.0. The van der Waals surface area contributed by atoms with E-state index in [0.717, 1.165) is 11.3 Å². The highest BCUT2D eigenvalue weighted by atomic mass is 35.5. The van der Waals surface area contributed by atoms with Crippen molar-refractivity contribution in [2.24, 2.45) is 0 Å². The van der Waals surface area contributed by atoms with Crippen LogP contribution in [0, 0.1) is 20.8 Å². The van der Waals surface area contributed by atoms with Crippen LogP contribution >= 0.6 is 11.6 Å². The molecule has 0 bridgehead atoms. The number of carbonyl (C=O) groups excluding carboxylic acids is 1. The lowest BCUT2D eigenvalue weighted by Crippen LogP contribution is -2.49. The van der Waals surface area contributed by atoms with Crippen LogP contribution in [0.15, 0.2) is 47.6 Å². The Morgan fingerprint density at radius 2 is 1.77 bits per heavy atom. The molecule has 0 atom stereocenters. The number of rotatable bonds is 6. The van der Waals surface area contributed by atoms with Crippen LogP contribution in [-0.2, 0) is 16.6 Å². The maximum atomic E-state index is 13.6. The summed E-state index contributed by atoms with van der Waals surface area (Å²) in [7, 11) is -3.97. The lowest BCUT2D eigenvalue weighted by atomic mass is 10.1. The molecule has 0 aliphatic carbocycles. The molecule has 1 amide bonds. The first-order valence-electron chi connectivity index (χ1n) is 11.6. The zero-order valence-corrected chi connectivity index (χ0v) is 21.9. The number of nitrogens with one attached hydrogen (secondary N) is 1. The number of carbonyl (C=O) groups is 1. The summed E-state index contributed by atoms with van der Waals surface area (Å²) in [6, 6.07) is 11.3. The third kappa shape index (κ3) is 5.07. The van der Waals surface area contributed by atoms with Crippen LogP contribution in [0.3, 0.4) is 0 Å². The molecule has 1 saturated heterocycles. The Bertz CT molecular complexity index is 1360. The quantitative estimate of drug-likeness (QED) is 0.530. The third-order valence-electron chi connectivity index (χ3n) is 6.47. The first kappa shape index (κ1) is 25.2. The Morgan fingerprint density at radius 1 is 1.06 bits per heavy atom. The third-order valence-corrected chi connectivity index (χ3v) is 8.71. The van der Waals surface area contributed by atoms with Gasteiger partial charge in [-0.2, -0.15) is 9.40 Å². The van der Waals surface area contributed by atoms with Crippen molar-refractivity contribution in [2.45, 2.75) is 39.3 Å². The van der Waals surface area contributed by atoms with Gasteiger partial charge in [0, 0.05) is 55.3 Å². The summed E-state index contributed by atoms with van der Waals surface area (Å²) in [5, 5.41) is 7.30. The van der Waals surface area contributed by atoms with E-state index in [1.165, 1.54) is 26.3 Å². The van der Waals surface area contributed by atoms with Crippen molar-refractivity contribution in [3.8, 4) is 0 Å². The molecule has 35 heavy (non-hydrogen) atoms. The van der Waals surface area contributed by atoms with Gasteiger partial charge in [-0.1, -0.05) is 29.8 Å². The largest absolute Gasteiger partial charge is 0.369 e. The monoisotopic (exact) mass is 515 g/mol. The number of hydrogen-bond donors (Lipinski definition) is 1. The highest BCUT2D eigenvalue weighted by Crippen LogP contribution is 2.27.